The van der Waals surface area contributed by atoms with Crippen molar-refractivity contribution in [1.29, 1.82) is 0 Å². The van der Waals surface area contributed by atoms with E-state index in [-0.39, 0.29) is 11.6 Å². The molecule has 0 aliphatic heterocycles. The zero-order valence-corrected chi connectivity index (χ0v) is 10.3. The van der Waals surface area contributed by atoms with E-state index >= 15 is 0 Å². The van der Waals surface area contributed by atoms with Crippen molar-refractivity contribution in [2.24, 2.45) is 0 Å². The second-order valence-electron chi connectivity index (χ2n) is 3.73. The van der Waals surface area contributed by atoms with Gasteiger partial charge in [-0.15, -0.1) is 6.42 Å². The fraction of sp³-hybridized carbons (Fsp3) is 0.357. The minimum atomic E-state index is -0.992. The van der Waals surface area contributed by atoms with Crippen LogP contribution in [0.25, 0.3) is 0 Å². The van der Waals surface area contributed by atoms with Crippen molar-refractivity contribution in [1.82, 2.24) is 5.32 Å². The molecule has 2 N–H and O–H groups in total. The smallest absolute Gasteiger partial charge is 0.339 e. The number of carboxylic acid groups (broad SMARTS) is 1. The predicted octanol–water partition coefficient (Wildman–Crippen LogP) is 1.77. The van der Waals surface area contributed by atoms with Crippen molar-refractivity contribution in [2.45, 2.75) is 19.4 Å². The van der Waals surface area contributed by atoms with Crippen molar-refractivity contribution in [3.05, 3.63) is 29.8 Å². The molecule has 0 amide bonds. The second kappa shape index (κ2) is 7.36. The van der Waals surface area contributed by atoms with E-state index in [1.807, 2.05) is 6.92 Å². The number of ether oxygens (including phenoxy) is 1. The molecule has 1 aromatic rings. The molecule has 1 rings (SSSR count). The molecule has 0 aliphatic rings. The molecule has 0 aliphatic carbocycles. The average molecular weight is 247 g/mol. The molecule has 96 valence electrons. The van der Waals surface area contributed by atoms with E-state index in [4.69, 9.17) is 16.3 Å². The van der Waals surface area contributed by atoms with E-state index in [9.17, 15) is 4.79 Å². The molecule has 1 aromatic carbocycles. The molecule has 0 radical (unpaired) electrons. The highest BCUT2D eigenvalue weighted by molar-refractivity contribution is 5.90. The summed E-state index contributed by atoms with van der Waals surface area (Å²) in [6, 6.07) is 6.60. The number of rotatable bonds is 7. The molecule has 0 saturated carbocycles. The molecule has 0 spiro atoms. The van der Waals surface area contributed by atoms with Gasteiger partial charge in [-0.2, -0.15) is 0 Å². The highest BCUT2D eigenvalue weighted by atomic mass is 16.5. The van der Waals surface area contributed by atoms with E-state index in [0.717, 1.165) is 6.42 Å². The van der Waals surface area contributed by atoms with E-state index in [1.165, 1.54) is 6.07 Å². The Kier molecular flexibility index (Phi) is 5.75. The SMILES string of the molecule is C#CC(CC)NCCOc1ccccc1C(=O)O. The number of aromatic carboxylic acids is 1. The molecule has 18 heavy (non-hydrogen) atoms. The Bertz CT molecular complexity index is 437. The van der Waals surface area contributed by atoms with Crippen molar-refractivity contribution in [2.75, 3.05) is 13.2 Å². The number of hydrogen-bond donors (Lipinski definition) is 2. The average Bonchev–Trinajstić information content (AvgIpc) is 2.39. The van der Waals surface area contributed by atoms with Crippen LogP contribution in [-0.2, 0) is 0 Å². The largest absolute Gasteiger partial charge is 0.491 e. The second-order valence-corrected chi connectivity index (χ2v) is 3.73. The topological polar surface area (TPSA) is 58.6 Å². The third-order valence-electron chi connectivity index (χ3n) is 2.48. The lowest BCUT2D eigenvalue weighted by Gasteiger charge is -2.12. The first-order chi connectivity index (χ1) is 8.69. The van der Waals surface area contributed by atoms with E-state index in [1.54, 1.807) is 18.2 Å². The lowest BCUT2D eigenvalue weighted by molar-refractivity contribution is 0.0692. The fourth-order valence-electron chi connectivity index (χ4n) is 1.48. The summed E-state index contributed by atoms with van der Waals surface area (Å²) in [5.74, 6) is 2.00. The Morgan fingerprint density at radius 3 is 2.89 bits per heavy atom. The van der Waals surface area contributed by atoms with Crippen molar-refractivity contribution >= 4 is 5.97 Å². The summed E-state index contributed by atoms with van der Waals surface area (Å²) < 4.78 is 5.43. The highest BCUT2D eigenvalue weighted by Crippen LogP contribution is 2.17. The summed E-state index contributed by atoms with van der Waals surface area (Å²) in [6.45, 7) is 2.96. The van der Waals surface area contributed by atoms with E-state index < -0.39 is 5.97 Å². The van der Waals surface area contributed by atoms with Crippen LogP contribution in [0.15, 0.2) is 24.3 Å². The maximum absolute atomic E-state index is 10.9. The monoisotopic (exact) mass is 247 g/mol. The Hall–Kier alpha value is -1.99. The van der Waals surface area contributed by atoms with Crippen LogP contribution in [0.2, 0.25) is 0 Å². The molecule has 0 saturated heterocycles. The van der Waals surface area contributed by atoms with Gasteiger partial charge < -0.3 is 15.2 Å². The lowest BCUT2D eigenvalue weighted by atomic mass is 10.2. The van der Waals surface area contributed by atoms with Crippen LogP contribution in [0.3, 0.4) is 0 Å². The van der Waals surface area contributed by atoms with Gasteiger partial charge in [-0.3, -0.25) is 0 Å². The van der Waals surface area contributed by atoms with Crippen molar-refractivity contribution < 1.29 is 14.6 Å². The van der Waals surface area contributed by atoms with Gasteiger partial charge in [0.2, 0.25) is 0 Å². The van der Waals surface area contributed by atoms with E-state index in [0.29, 0.717) is 18.9 Å². The number of para-hydroxylation sites is 1. The number of nitrogens with one attached hydrogen (secondary N) is 1. The predicted molar refractivity (Wildman–Crippen MR) is 69.8 cm³/mol. The van der Waals surface area contributed by atoms with Crippen LogP contribution < -0.4 is 10.1 Å². The first kappa shape index (κ1) is 14.1. The number of terminal acetylenes is 1. The quantitative estimate of drug-likeness (QED) is 0.569. The standard InChI is InChI=1S/C14H17NO3/c1-3-11(4-2)15-9-10-18-13-8-6-5-7-12(13)14(16)17/h1,5-8,11,15H,4,9-10H2,2H3,(H,16,17). The van der Waals surface area contributed by atoms with Crippen LogP contribution in [0, 0.1) is 12.3 Å². The van der Waals surface area contributed by atoms with E-state index in [2.05, 4.69) is 11.2 Å². The van der Waals surface area contributed by atoms with Crippen LogP contribution in [0.1, 0.15) is 23.7 Å². The van der Waals surface area contributed by atoms with Gasteiger partial charge in [-0.25, -0.2) is 4.79 Å². The molecule has 1 atom stereocenters. The molecule has 0 fully saturated rings. The lowest BCUT2D eigenvalue weighted by Crippen LogP contribution is -2.30. The summed E-state index contributed by atoms with van der Waals surface area (Å²) in [5, 5.41) is 12.1. The zero-order chi connectivity index (χ0) is 13.4. The third kappa shape index (κ3) is 4.11. The number of benzene rings is 1. The minimum Gasteiger partial charge on any atom is -0.491 e. The normalized spacial score (nSPS) is 11.6. The van der Waals surface area contributed by atoms with Gasteiger partial charge in [0.05, 0.1) is 6.04 Å². The highest BCUT2D eigenvalue weighted by Gasteiger charge is 2.09. The van der Waals surface area contributed by atoms with Gasteiger partial charge in [0.15, 0.2) is 0 Å². The molecule has 1 unspecified atom stereocenters. The van der Waals surface area contributed by atoms with Gasteiger partial charge in [0, 0.05) is 6.54 Å². The van der Waals surface area contributed by atoms with Crippen LogP contribution in [0.4, 0.5) is 0 Å². The molecular formula is C14H17NO3. The summed E-state index contributed by atoms with van der Waals surface area (Å²) in [6.07, 6.45) is 6.16. The van der Waals surface area contributed by atoms with Gasteiger partial charge in [-0.05, 0) is 18.6 Å². The van der Waals surface area contributed by atoms with Crippen LogP contribution in [-0.4, -0.2) is 30.3 Å². The third-order valence-corrected chi connectivity index (χ3v) is 2.48. The van der Waals surface area contributed by atoms with Gasteiger partial charge >= 0.3 is 5.97 Å². The Morgan fingerprint density at radius 1 is 1.56 bits per heavy atom. The fourth-order valence-corrected chi connectivity index (χ4v) is 1.48. The Balaban J connectivity index is 2.45. The Morgan fingerprint density at radius 2 is 2.28 bits per heavy atom. The maximum Gasteiger partial charge on any atom is 0.339 e. The summed E-state index contributed by atoms with van der Waals surface area (Å²) >= 11 is 0. The first-order valence-corrected chi connectivity index (χ1v) is 5.83. The summed E-state index contributed by atoms with van der Waals surface area (Å²) in [7, 11) is 0. The van der Waals surface area contributed by atoms with Crippen LogP contribution >= 0.6 is 0 Å². The molecule has 4 heteroatoms. The zero-order valence-electron chi connectivity index (χ0n) is 10.3. The van der Waals surface area contributed by atoms with Gasteiger partial charge in [0.1, 0.15) is 17.9 Å². The number of carboxylic acids is 1. The summed E-state index contributed by atoms with van der Waals surface area (Å²) in [5.41, 5.74) is 0.168. The summed E-state index contributed by atoms with van der Waals surface area (Å²) in [4.78, 5) is 10.9. The molecule has 0 heterocycles. The number of hydrogen-bond acceptors (Lipinski definition) is 3. The van der Waals surface area contributed by atoms with Crippen molar-refractivity contribution in [3.63, 3.8) is 0 Å². The van der Waals surface area contributed by atoms with Gasteiger partial charge in [0.25, 0.3) is 0 Å². The molecule has 0 bridgehead atoms. The van der Waals surface area contributed by atoms with Crippen molar-refractivity contribution in [3.8, 4) is 18.1 Å². The molecule has 4 nitrogen and oxygen atoms in total. The Labute approximate surface area is 107 Å². The number of carbonyl (C=O) groups is 1. The first-order valence-electron chi connectivity index (χ1n) is 5.83. The minimum absolute atomic E-state index is 0.0308. The maximum atomic E-state index is 10.9. The molecular weight excluding hydrogens is 230 g/mol. The van der Waals surface area contributed by atoms with Crippen LogP contribution in [0.5, 0.6) is 5.75 Å². The van der Waals surface area contributed by atoms with Gasteiger partial charge in [-0.1, -0.05) is 25.0 Å². The molecule has 0 aromatic heterocycles.